The van der Waals surface area contributed by atoms with Gasteiger partial charge in [-0.25, -0.2) is 0 Å². The number of aryl methyl sites for hydroxylation is 1. The number of hydrogen-bond acceptors (Lipinski definition) is 4. The summed E-state index contributed by atoms with van der Waals surface area (Å²) in [5.74, 6) is 2.18. The summed E-state index contributed by atoms with van der Waals surface area (Å²) in [7, 11) is 1.67. The Morgan fingerprint density at radius 2 is 2.04 bits per heavy atom. The molecular formula is C22H32N2O3S. The number of anilines is 1. The molecule has 0 spiro atoms. The number of thiophene rings is 1. The van der Waals surface area contributed by atoms with Crippen LogP contribution >= 0.6 is 11.3 Å². The summed E-state index contributed by atoms with van der Waals surface area (Å²) in [6.45, 7) is 1.23. The molecule has 3 aliphatic carbocycles. The molecule has 3 unspecified atom stereocenters. The van der Waals surface area contributed by atoms with Crippen LogP contribution < -0.4 is 10.6 Å². The van der Waals surface area contributed by atoms with E-state index in [1.807, 2.05) is 0 Å². The first-order valence-corrected chi connectivity index (χ1v) is 11.7. The maximum Gasteiger partial charge on any atom is 0.254 e. The second-order valence-electron chi connectivity index (χ2n) is 8.70. The highest BCUT2D eigenvalue weighted by atomic mass is 32.1. The van der Waals surface area contributed by atoms with Crippen LogP contribution in [0.3, 0.4) is 0 Å². The van der Waals surface area contributed by atoms with Gasteiger partial charge in [0.1, 0.15) is 5.00 Å². The zero-order chi connectivity index (χ0) is 19.5. The minimum Gasteiger partial charge on any atom is -0.385 e. The Bertz CT molecular complexity index is 730. The van der Waals surface area contributed by atoms with E-state index in [-0.39, 0.29) is 11.8 Å². The van der Waals surface area contributed by atoms with Crippen molar-refractivity contribution in [1.29, 1.82) is 0 Å². The van der Waals surface area contributed by atoms with Crippen LogP contribution in [0.15, 0.2) is 0 Å². The van der Waals surface area contributed by atoms with Crippen LogP contribution in [0.5, 0.6) is 0 Å². The Labute approximate surface area is 171 Å². The third-order valence-corrected chi connectivity index (χ3v) is 8.00. The van der Waals surface area contributed by atoms with Crippen LogP contribution in [0.25, 0.3) is 0 Å². The number of carbonyl (C=O) groups is 2. The first-order valence-electron chi connectivity index (χ1n) is 10.9. The van der Waals surface area contributed by atoms with Gasteiger partial charge >= 0.3 is 0 Å². The number of nitrogens with one attached hydrogen (secondary N) is 2. The van der Waals surface area contributed by atoms with Crippen molar-refractivity contribution in [2.24, 2.45) is 17.8 Å². The summed E-state index contributed by atoms with van der Waals surface area (Å²) in [6, 6.07) is 0. The van der Waals surface area contributed by atoms with Crippen LogP contribution in [0.1, 0.15) is 72.2 Å². The monoisotopic (exact) mass is 404 g/mol. The Hall–Kier alpha value is -1.40. The molecule has 0 radical (unpaired) electrons. The summed E-state index contributed by atoms with van der Waals surface area (Å²) in [4.78, 5) is 27.0. The van der Waals surface area contributed by atoms with E-state index in [2.05, 4.69) is 10.6 Å². The van der Waals surface area contributed by atoms with Crippen LogP contribution in [0, 0.1) is 17.8 Å². The molecular weight excluding hydrogens is 372 g/mol. The highest BCUT2D eigenvalue weighted by molar-refractivity contribution is 7.17. The van der Waals surface area contributed by atoms with E-state index in [1.54, 1.807) is 18.4 Å². The zero-order valence-electron chi connectivity index (χ0n) is 16.9. The molecule has 1 aromatic heterocycles. The Balaban J connectivity index is 1.44. The van der Waals surface area contributed by atoms with Gasteiger partial charge in [0.15, 0.2) is 0 Å². The fraction of sp³-hybridized carbons (Fsp3) is 0.727. The molecule has 0 aliphatic heterocycles. The fourth-order valence-electron chi connectivity index (χ4n) is 5.44. The van der Waals surface area contributed by atoms with Crippen molar-refractivity contribution >= 4 is 28.2 Å². The lowest BCUT2D eigenvalue weighted by Crippen LogP contribution is -2.27. The Kier molecular flexibility index (Phi) is 6.36. The smallest absolute Gasteiger partial charge is 0.254 e. The number of hydrogen-bond donors (Lipinski definition) is 2. The first kappa shape index (κ1) is 19.9. The van der Waals surface area contributed by atoms with E-state index in [4.69, 9.17) is 4.74 Å². The van der Waals surface area contributed by atoms with E-state index >= 15 is 0 Å². The topological polar surface area (TPSA) is 67.4 Å². The van der Waals surface area contributed by atoms with Crippen molar-refractivity contribution in [3.05, 3.63) is 16.0 Å². The molecule has 2 N–H and O–H groups in total. The van der Waals surface area contributed by atoms with Crippen molar-refractivity contribution in [1.82, 2.24) is 5.32 Å². The standard InChI is InChI=1S/C22H32N2O3S/c1-27-10-4-9-23-21(26)20-17-5-2-3-6-18(17)28-22(20)24-19(25)13-16-12-14-7-8-15(16)11-14/h14-16H,2-13H2,1H3,(H,23,26)(H,24,25). The van der Waals surface area contributed by atoms with Crippen LogP contribution in [-0.2, 0) is 22.4 Å². The molecule has 1 aromatic rings. The molecule has 3 atom stereocenters. The molecule has 6 heteroatoms. The molecule has 2 saturated carbocycles. The minimum atomic E-state index is -0.0503. The van der Waals surface area contributed by atoms with Gasteiger partial charge in [0.2, 0.25) is 5.91 Å². The van der Waals surface area contributed by atoms with Gasteiger partial charge in [-0.05, 0) is 74.7 Å². The molecule has 2 fully saturated rings. The van der Waals surface area contributed by atoms with Gasteiger partial charge in [-0.2, -0.15) is 0 Å². The predicted octanol–water partition coefficient (Wildman–Crippen LogP) is 4.16. The predicted molar refractivity (Wildman–Crippen MR) is 112 cm³/mol. The van der Waals surface area contributed by atoms with Crippen molar-refractivity contribution in [2.75, 3.05) is 25.6 Å². The molecule has 3 aliphatic rings. The molecule has 4 rings (SSSR count). The molecule has 2 amide bonds. The number of carbonyl (C=O) groups excluding carboxylic acids is 2. The zero-order valence-corrected chi connectivity index (χ0v) is 17.7. The van der Waals surface area contributed by atoms with Crippen molar-refractivity contribution < 1.29 is 14.3 Å². The van der Waals surface area contributed by atoms with Crippen LogP contribution in [0.4, 0.5) is 5.00 Å². The van der Waals surface area contributed by atoms with E-state index in [0.717, 1.165) is 53.6 Å². The Morgan fingerprint density at radius 3 is 2.79 bits per heavy atom. The summed E-state index contributed by atoms with van der Waals surface area (Å²) in [5.41, 5.74) is 1.88. The van der Waals surface area contributed by atoms with E-state index in [9.17, 15) is 9.59 Å². The molecule has 1 heterocycles. The van der Waals surface area contributed by atoms with Gasteiger partial charge in [-0.3, -0.25) is 9.59 Å². The third kappa shape index (κ3) is 4.28. The third-order valence-electron chi connectivity index (χ3n) is 6.79. The van der Waals surface area contributed by atoms with Crippen molar-refractivity contribution in [3.63, 3.8) is 0 Å². The van der Waals surface area contributed by atoms with Crippen molar-refractivity contribution in [3.8, 4) is 0 Å². The van der Waals surface area contributed by atoms with Crippen LogP contribution in [0.2, 0.25) is 0 Å². The lowest BCUT2D eigenvalue weighted by Gasteiger charge is -2.20. The number of fused-ring (bicyclic) bond motifs is 3. The molecule has 5 nitrogen and oxygen atoms in total. The largest absolute Gasteiger partial charge is 0.385 e. The average Bonchev–Trinajstić information content (AvgIpc) is 3.38. The number of methoxy groups -OCH3 is 1. The molecule has 0 aromatic carbocycles. The highest BCUT2D eigenvalue weighted by Crippen LogP contribution is 2.49. The normalized spacial score (nSPS) is 25.5. The first-order chi connectivity index (χ1) is 13.7. The van der Waals surface area contributed by atoms with Gasteiger partial charge < -0.3 is 15.4 Å². The number of amides is 2. The van der Waals surface area contributed by atoms with Gasteiger partial charge in [0.05, 0.1) is 5.56 Å². The van der Waals surface area contributed by atoms with Crippen LogP contribution in [-0.4, -0.2) is 32.1 Å². The van der Waals surface area contributed by atoms with E-state index < -0.39 is 0 Å². The van der Waals surface area contributed by atoms with Gasteiger partial charge in [-0.1, -0.05) is 6.42 Å². The van der Waals surface area contributed by atoms with E-state index in [0.29, 0.717) is 25.5 Å². The summed E-state index contributed by atoms with van der Waals surface area (Å²) >= 11 is 1.62. The van der Waals surface area contributed by atoms with Gasteiger partial charge in [0.25, 0.3) is 5.91 Å². The highest BCUT2D eigenvalue weighted by Gasteiger charge is 2.40. The molecule has 28 heavy (non-hydrogen) atoms. The molecule has 0 saturated heterocycles. The Morgan fingerprint density at radius 1 is 1.18 bits per heavy atom. The average molecular weight is 405 g/mol. The second-order valence-corrected chi connectivity index (χ2v) is 9.81. The summed E-state index contributed by atoms with van der Waals surface area (Å²) in [6.07, 6.45) is 10.8. The molecule has 2 bridgehead atoms. The maximum absolute atomic E-state index is 12.9. The fourth-order valence-corrected chi connectivity index (χ4v) is 6.75. The van der Waals surface area contributed by atoms with E-state index in [1.165, 1.54) is 37.0 Å². The lowest BCUT2D eigenvalue weighted by atomic mass is 9.86. The van der Waals surface area contributed by atoms with Gasteiger partial charge in [-0.15, -0.1) is 11.3 Å². The quantitative estimate of drug-likeness (QED) is 0.640. The SMILES string of the molecule is COCCCNC(=O)c1c(NC(=O)CC2CC3CCC2C3)sc2c1CCCC2. The number of rotatable bonds is 8. The summed E-state index contributed by atoms with van der Waals surface area (Å²) < 4.78 is 5.06. The van der Waals surface area contributed by atoms with Gasteiger partial charge in [0, 0.05) is 31.6 Å². The second kappa shape index (κ2) is 8.95. The number of ether oxygens (including phenoxy) is 1. The van der Waals surface area contributed by atoms with Crippen molar-refractivity contribution in [2.45, 2.75) is 64.2 Å². The lowest BCUT2D eigenvalue weighted by molar-refractivity contribution is -0.117. The molecule has 154 valence electrons. The maximum atomic E-state index is 12.9. The minimum absolute atomic E-state index is 0.0503. The summed E-state index contributed by atoms with van der Waals surface area (Å²) in [5, 5.41) is 6.91.